The van der Waals surface area contributed by atoms with Crippen molar-refractivity contribution in [3.8, 4) is 5.69 Å². The molecule has 1 aromatic carbocycles. The monoisotopic (exact) mass is 233 g/mol. The fourth-order valence-electron chi connectivity index (χ4n) is 1.27. The van der Waals surface area contributed by atoms with Crippen molar-refractivity contribution < 1.29 is 0 Å². The van der Waals surface area contributed by atoms with Gasteiger partial charge in [-0.05, 0) is 18.6 Å². The summed E-state index contributed by atoms with van der Waals surface area (Å²) in [5.74, 6) is 0. The van der Waals surface area contributed by atoms with Crippen molar-refractivity contribution in [2.75, 3.05) is 0 Å². The van der Waals surface area contributed by atoms with Gasteiger partial charge >= 0.3 is 0 Å². The van der Waals surface area contributed by atoms with Crippen LogP contribution in [0.1, 0.15) is 20.3 Å². The van der Waals surface area contributed by atoms with E-state index >= 15 is 0 Å². The Labute approximate surface area is 99.9 Å². The minimum atomic E-state index is 0.562. The van der Waals surface area contributed by atoms with Crippen molar-refractivity contribution in [3.63, 3.8) is 0 Å². The van der Waals surface area contributed by atoms with E-state index in [4.69, 9.17) is 0 Å². The van der Waals surface area contributed by atoms with Gasteiger partial charge in [0.25, 0.3) is 0 Å². The molecular weight excluding hydrogens is 218 g/mol. The third kappa shape index (κ3) is 2.64. The number of aromatic nitrogens is 3. The molecule has 0 amide bonds. The average molecular weight is 233 g/mol. The second-order valence-corrected chi connectivity index (χ2v) is 5.05. The predicted molar refractivity (Wildman–Crippen MR) is 67.0 cm³/mol. The minimum absolute atomic E-state index is 0.562. The minimum Gasteiger partial charge on any atom is -0.220 e. The van der Waals surface area contributed by atoms with E-state index in [-0.39, 0.29) is 0 Å². The second kappa shape index (κ2) is 5.16. The van der Waals surface area contributed by atoms with Gasteiger partial charge in [0.15, 0.2) is 0 Å². The average Bonchev–Trinajstić information content (AvgIpc) is 2.78. The Kier molecular flexibility index (Phi) is 3.62. The Morgan fingerprint density at radius 2 is 2.06 bits per heavy atom. The molecular formula is C12H15N3S. The number of benzene rings is 1. The molecule has 0 saturated heterocycles. The van der Waals surface area contributed by atoms with Crippen LogP contribution in [-0.4, -0.2) is 20.0 Å². The molecule has 84 valence electrons. The van der Waals surface area contributed by atoms with Crippen LogP contribution < -0.4 is 0 Å². The molecule has 2 rings (SSSR count). The van der Waals surface area contributed by atoms with Gasteiger partial charge in [-0.25, -0.2) is 9.67 Å². The summed E-state index contributed by atoms with van der Waals surface area (Å²) in [5, 5.41) is 5.84. The van der Waals surface area contributed by atoms with Gasteiger partial charge in [-0.1, -0.05) is 43.8 Å². The van der Waals surface area contributed by atoms with Crippen LogP contribution in [0.15, 0.2) is 41.8 Å². The molecule has 0 bridgehead atoms. The molecule has 2 aromatic rings. The lowest BCUT2D eigenvalue weighted by atomic mass is 10.3. The van der Waals surface area contributed by atoms with Crippen LogP contribution in [0, 0.1) is 0 Å². The van der Waals surface area contributed by atoms with Crippen LogP contribution in [0.25, 0.3) is 5.69 Å². The maximum absolute atomic E-state index is 4.44. The fourth-order valence-corrected chi connectivity index (χ4v) is 2.04. The first-order valence-electron chi connectivity index (χ1n) is 5.43. The normalized spacial score (nSPS) is 12.6. The van der Waals surface area contributed by atoms with E-state index in [2.05, 4.69) is 23.9 Å². The third-order valence-corrected chi connectivity index (χ3v) is 3.51. The molecule has 0 N–H and O–H groups in total. The zero-order valence-corrected chi connectivity index (χ0v) is 10.3. The highest BCUT2D eigenvalue weighted by molar-refractivity contribution is 7.99. The molecule has 1 aromatic heterocycles. The SMILES string of the molecule is CCC(C)Sc1ncn(-c2ccccc2)n1. The molecule has 0 saturated carbocycles. The molecule has 0 aliphatic carbocycles. The molecule has 1 unspecified atom stereocenters. The van der Waals surface area contributed by atoms with Crippen LogP contribution in [0.3, 0.4) is 0 Å². The van der Waals surface area contributed by atoms with Crippen LogP contribution >= 0.6 is 11.8 Å². The number of thioether (sulfide) groups is 1. The van der Waals surface area contributed by atoms with E-state index in [1.54, 1.807) is 18.1 Å². The van der Waals surface area contributed by atoms with E-state index in [1.165, 1.54) is 0 Å². The van der Waals surface area contributed by atoms with Crippen molar-refractivity contribution in [1.29, 1.82) is 0 Å². The van der Waals surface area contributed by atoms with E-state index in [0.29, 0.717) is 5.25 Å². The molecule has 3 nitrogen and oxygen atoms in total. The lowest BCUT2D eigenvalue weighted by molar-refractivity contribution is 0.826. The highest BCUT2D eigenvalue weighted by Gasteiger charge is 2.07. The molecule has 0 radical (unpaired) electrons. The summed E-state index contributed by atoms with van der Waals surface area (Å²) in [7, 11) is 0. The third-order valence-electron chi connectivity index (χ3n) is 2.37. The van der Waals surface area contributed by atoms with E-state index in [0.717, 1.165) is 17.3 Å². The Balaban J connectivity index is 2.14. The predicted octanol–water partition coefficient (Wildman–Crippen LogP) is 3.16. The number of rotatable bonds is 4. The van der Waals surface area contributed by atoms with Crippen molar-refractivity contribution >= 4 is 11.8 Å². The topological polar surface area (TPSA) is 30.7 Å². The van der Waals surface area contributed by atoms with E-state index in [9.17, 15) is 0 Å². The van der Waals surface area contributed by atoms with Crippen LogP contribution in [0.4, 0.5) is 0 Å². The summed E-state index contributed by atoms with van der Waals surface area (Å²) in [6.45, 7) is 4.36. The molecule has 1 heterocycles. The number of hydrogen-bond acceptors (Lipinski definition) is 3. The number of hydrogen-bond donors (Lipinski definition) is 0. The summed E-state index contributed by atoms with van der Waals surface area (Å²) in [6, 6.07) is 10.0. The largest absolute Gasteiger partial charge is 0.220 e. The quantitative estimate of drug-likeness (QED) is 0.760. The van der Waals surface area contributed by atoms with Gasteiger partial charge < -0.3 is 0 Å². The summed E-state index contributed by atoms with van der Waals surface area (Å²) in [4.78, 5) is 4.30. The van der Waals surface area contributed by atoms with Gasteiger partial charge in [0.1, 0.15) is 6.33 Å². The van der Waals surface area contributed by atoms with Gasteiger partial charge in [-0.15, -0.1) is 5.10 Å². The summed E-state index contributed by atoms with van der Waals surface area (Å²) < 4.78 is 1.81. The maximum Gasteiger partial charge on any atom is 0.209 e. The molecule has 0 fully saturated rings. The summed E-state index contributed by atoms with van der Waals surface area (Å²) in [5.41, 5.74) is 1.05. The van der Waals surface area contributed by atoms with Gasteiger partial charge in [0, 0.05) is 5.25 Å². The molecule has 1 atom stereocenters. The van der Waals surface area contributed by atoms with Crippen molar-refractivity contribution in [2.24, 2.45) is 0 Å². The zero-order chi connectivity index (χ0) is 11.4. The second-order valence-electron chi connectivity index (χ2n) is 3.64. The molecule has 0 aliphatic rings. The Morgan fingerprint density at radius 3 is 2.75 bits per heavy atom. The van der Waals surface area contributed by atoms with Crippen LogP contribution in [-0.2, 0) is 0 Å². The zero-order valence-electron chi connectivity index (χ0n) is 9.50. The lowest BCUT2D eigenvalue weighted by Crippen LogP contribution is -1.96. The van der Waals surface area contributed by atoms with Gasteiger partial charge in [-0.3, -0.25) is 0 Å². The standard InChI is InChI=1S/C12H15N3S/c1-3-10(2)16-12-13-9-15(14-12)11-7-5-4-6-8-11/h4-10H,3H2,1-2H3. The first-order valence-corrected chi connectivity index (χ1v) is 6.31. The highest BCUT2D eigenvalue weighted by Crippen LogP contribution is 2.21. The van der Waals surface area contributed by atoms with Crippen LogP contribution in [0.2, 0.25) is 0 Å². The number of para-hydroxylation sites is 1. The fraction of sp³-hybridized carbons (Fsp3) is 0.333. The Hall–Kier alpha value is -1.29. The molecule has 16 heavy (non-hydrogen) atoms. The molecule has 0 spiro atoms. The van der Waals surface area contributed by atoms with Crippen molar-refractivity contribution in [2.45, 2.75) is 30.7 Å². The smallest absolute Gasteiger partial charge is 0.209 e. The summed E-state index contributed by atoms with van der Waals surface area (Å²) in [6.07, 6.45) is 2.89. The lowest BCUT2D eigenvalue weighted by Gasteiger charge is -2.03. The maximum atomic E-state index is 4.44. The Bertz CT molecular complexity index is 439. The van der Waals surface area contributed by atoms with Gasteiger partial charge in [0.2, 0.25) is 5.16 Å². The highest BCUT2D eigenvalue weighted by atomic mass is 32.2. The van der Waals surface area contributed by atoms with Crippen molar-refractivity contribution in [1.82, 2.24) is 14.8 Å². The Morgan fingerprint density at radius 1 is 1.31 bits per heavy atom. The summed E-state index contributed by atoms with van der Waals surface area (Å²) >= 11 is 1.72. The van der Waals surface area contributed by atoms with Crippen molar-refractivity contribution in [3.05, 3.63) is 36.7 Å². The van der Waals surface area contributed by atoms with E-state index < -0.39 is 0 Å². The van der Waals surface area contributed by atoms with Gasteiger partial charge in [-0.2, -0.15) is 0 Å². The first-order chi connectivity index (χ1) is 7.79. The van der Waals surface area contributed by atoms with Gasteiger partial charge in [0.05, 0.1) is 5.69 Å². The van der Waals surface area contributed by atoms with E-state index in [1.807, 2.05) is 35.0 Å². The van der Waals surface area contributed by atoms with Crippen LogP contribution in [0.5, 0.6) is 0 Å². The first kappa shape index (κ1) is 11.2. The molecule has 0 aliphatic heterocycles. The molecule has 4 heteroatoms. The number of nitrogens with zero attached hydrogens (tertiary/aromatic N) is 3.